The average Bonchev–Trinajstić information content (AvgIpc) is 2.71. The Morgan fingerprint density at radius 3 is 1.36 bits per heavy atom. The molecule has 0 saturated heterocycles. The van der Waals surface area contributed by atoms with E-state index in [-0.39, 0.29) is 22.4 Å². The Morgan fingerprint density at radius 1 is 0.571 bits per heavy atom. The summed E-state index contributed by atoms with van der Waals surface area (Å²) < 4.78 is 0. The first-order valence-corrected chi connectivity index (χ1v) is 8.29. The SMILES string of the molecule is O=C(O)c1ccc2c(n1)c1nc(C(=O)O)ccc1c1nc3ccccc3nc21. The maximum Gasteiger partial charge on any atom is 0.354 e. The summed E-state index contributed by atoms with van der Waals surface area (Å²) in [7, 11) is 0. The maximum atomic E-state index is 11.4. The Bertz CT molecular complexity index is 1370. The van der Waals surface area contributed by atoms with Gasteiger partial charge in [-0.05, 0) is 36.4 Å². The summed E-state index contributed by atoms with van der Waals surface area (Å²) in [5.41, 5.74) is 2.70. The number of hydrogen-bond acceptors (Lipinski definition) is 6. The molecule has 0 aliphatic heterocycles. The number of aromatic carboxylic acids is 2. The summed E-state index contributed by atoms with van der Waals surface area (Å²) in [6, 6.07) is 13.4. The van der Waals surface area contributed by atoms with Crippen molar-refractivity contribution in [1.29, 1.82) is 0 Å². The van der Waals surface area contributed by atoms with Gasteiger partial charge in [-0.25, -0.2) is 29.5 Å². The molecule has 5 rings (SSSR count). The molecule has 0 atom stereocenters. The second kappa shape index (κ2) is 5.65. The highest BCUT2D eigenvalue weighted by molar-refractivity contribution is 6.22. The van der Waals surface area contributed by atoms with E-state index in [0.29, 0.717) is 32.8 Å². The Balaban J connectivity index is 2.06. The van der Waals surface area contributed by atoms with Crippen LogP contribution in [0.1, 0.15) is 21.0 Å². The molecule has 0 saturated carbocycles. The first kappa shape index (κ1) is 16.0. The number of hydrogen-bond donors (Lipinski definition) is 2. The minimum Gasteiger partial charge on any atom is -0.477 e. The normalized spacial score (nSPS) is 11.4. The predicted octanol–water partition coefficient (Wildman–Crippen LogP) is 3.28. The Hall–Kier alpha value is -4.20. The fourth-order valence-electron chi connectivity index (χ4n) is 3.28. The zero-order chi connectivity index (χ0) is 19.4. The molecular formula is C20H10N4O4. The highest BCUT2D eigenvalue weighted by Crippen LogP contribution is 2.32. The summed E-state index contributed by atoms with van der Waals surface area (Å²) in [4.78, 5) is 40.6. The van der Waals surface area contributed by atoms with Gasteiger partial charge in [0, 0.05) is 10.8 Å². The van der Waals surface area contributed by atoms with E-state index in [0.717, 1.165) is 0 Å². The van der Waals surface area contributed by atoms with Gasteiger partial charge in [-0.2, -0.15) is 0 Å². The number of pyridine rings is 2. The van der Waals surface area contributed by atoms with E-state index in [9.17, 15) is 19.8 Å². The number of aromatic nitrogens is 4. The number of fused-ring (bicyclic) bond motifs is 7. The summed E-state index contributed by atoms with van der Waals surface area (Å²) in [6.45, 7) is 0. The van der Waals surface area contributed by atoms with Crippen LogP contribution in [0, 0.1) is 0 Å². The van der Waals surface area contributed by atoms with Crippen molar-refractivity contribution in [3.8, 4) is 0 Å². The van der Waals surface area contributed by atoms with E-state index in [4.69, 9.17) is 9.97 Å². The van der Waals surface area contributed by atoms with Gasteiger partial charge in [-0.15, -0.1) is 0 Å². The molecule has 0 amide bonds. The lowest BCUT2D eigenvalue weighted by Crippen LogP contribution is -2.04. The molecule has 0 bridgehead atoms. The van der Waals surface area contributed by atoms with Crippen LogP contribution in [0.25, 0.3) is 43.9 Å². The van der Waals surface area contributed by atoms with Crippen molar-refractivity contribution in [2.45, 2.75) is 0 Å². The van der Waals surface area contributed by atoms with Gasteiger partial charge in [0.15, 0.2) is 0 Å². The van der Waals surface area contributed by atoms with Crippen molar-refractivity contribution in [1.82, 2.24) is 19.9 Å². The van der Waals surface area contributed by atoms with Crippen molar-refractivity contribution in [3.63, 3.8) is 0 Å². The van der Waals surface area contributed by atoms with Crippen molar-refractivity contribution in [2.75, 3.05) is 0 Å². The molecule has 0 aliphatic carbocycles. The second-order valence-electron chi connectivity index (χ2n) is 6.21. The third kappa shape index (κ3) is 2.25. The maximum absolute atomic E-state index is 11.4. The quantitative estimate of drug-likeness (QED) is 0.358. The number of carbonyl (C=O) groups is 2. The number of carboxylic acids is 2. The number of benzene rings is 2. The molecule has 134 valence electrons. The molecule has 3 heterocycles. The van der Waals surface area contributed by atoms with Crippen LogP contribution < -0.4 is 0 Å². The smallest absolute Gasteiger partial charge is 0.354 e. The van der Waals surface area contributed by atoms with Crippen LogP contribution in [-0.4, -0.2) is 42.1 Å². The highest BCUT2D eigenvalue weighted by Gasteiger charge is 2.18. The average molecular weight is 370 g/mol. The van der Waals surface area contributed by atoms with Gasteiger partial charge in [0.25, 0.3) is 0 Å². The lowest BCUT2D eigenvalue weighted by Gasteiger charge is -2.10. The third-order valence-electron chi connectivity index (χ3n) is 4.53. The zero-order valence-corrected chi connectivity index (χ0v) is 14.1. The number of para-hydroxylation sites is 2. The van der Waals surface area contributed by atoms with E-state index in [1.807, 2.05) is 24.3 Å². The Kier molecular flexibility index (Phi) is 3.23. The summed E-state index contributed by atoms with van der Waals surface area (Å²) in [5.74, 6) is -2.37. The molecule has 5 aromatic rings. The minimum atomic E-state index is -1.19. The first-order chi connectivity index (χ1) is 13.5. The van der Waals surface area contributed by atoms with Crippen molar-refractivity contribution < 1.29 is 19.8 Å². The molecule has 0 aliphatic rings. The van der Waals surface area contributed by atoms with Gasteiger partial charge < -0.3 is 10.2 Å². The van der Waals surface area contributed by atoms with Crippen molar-refractivity contribution >= 4 is 55.8 Å². The number of rotatable bonds is 2. The Morgan fingerprint density at radius 2 is 0.964 bits per heavy atom. The molecule has 0 spiro atoms. The standard InChI is InChI=1S/C20H10N4O4/c25-19(26)13-7-5-9-15-16(22-12-4-2-1-3-11(12)21-15)10-6-8-14(20(27)28)24-18(10)17(9)23-13/h1-8H,(H,25,26)(H,27,28). The first-order valence-electron chi connectivity index (χ1n) is 8.29. The van der Waals surface area contributed by atoms with Crippen LogP contribution >= 0.6 is 0 Å². The van der Waals surface area contributed by atoms with Crippen molar-refractivity contribution in [3.05, 3.63) is 59.9 Å². The lowest BCUT2D eigenvalue weighted by atomic mass is 10.1. The monoisotopic (exact) mass is 370 g/mol. The second-order valence-corrected chi connectivity index (χ2v) is 6.21. The van der Waals surface area contributed by atoms with Gasteiger partial charge in [0.2, 0.25) is 0 Å². The molecule has 8 nitrogen and oxygen atoms in total. The molecule has 3 aromatic heterocycles. The molecule has 0 fully saturated rings. The molecule has 2 N–H and O–H groups in total. The van der Waals surface area contributed by atoms with Gasteiger partial charge >= 0.3 is 11.9 Å². The number of carboxylic acid groups (broad SMARTS) is 2. The molecule has 0 unspecified atom stereocenters. The zero-order valence-electron chi connectivity index (χ0n) is 14.1. The van der Waals surface area contributed by atoms with Gasteiger partial charge in [-0.3, -0.25) is 0 Å². The van der Waals surface area contributed by atoms with Crippen LogP contribution in [0.4, 0.5) is 0 Å². The number of nitrogens with zero attached hydrogens (tertiary/aromatic N) is 4. The van der Waals surface area contributed by atoms with Crippen LogP contribution in [-0.2, 0) is 0 Å². The molecular weight excluding hydrogens is 360 g/mol. The topological polar surface area (TPSA) is 126 Å². The summed E-state index contributed by atoms with van der Waals surface area (Å²) in [5, 5.41) is 19.7. The highest BCUT2D eigenvalue weighted by atomic mass is 16.4. The fraction of sp³-hybridized carbons (Fsp3) is 0. The third-order valence-corrected chi connectivity index (χ3v) is 4.53. The van der Waals surface area contributed by atoms with Crippen LogP contribution in [0.3, 0.4) is 0 Å². The van der Waals surface area contributed by atoms with E-state index < -0.39 is 11.9 Å². The van der Waals surface area contributed by atoms with Crippen LogP contribution in [0.2, 0.25) is 0 Å². The predicted molar refractivity (Wildman–Crippen MR) is 102 cm³/mol. The van der Waals surface area contributed by atoms with Gasteiger partial charge in [0.05, 0.1) is 33.1 Å². The van der Waals surface area contributed by atoms with Gasteiger partial charge in [-0.1, -0.05) is 12.1 Å². The van der Waals surface area contributed by atoms with Crippen molar-refractivity contribution in [2.24, 2.45) is 0 Å². The van der Waals surface area contributed by atoms with Crippen LogP contribution in [0.5, 0.6) is 0 Å². The van der Waals surface area contributed by atoms with Gasteiger partial charge in [0.1, 0.15) is 11.4 Å². The Labute approximate surface area is 156 Å². The molecule has 8 heteroatoms. The van der Waals surface area contributed by atoms with E-state index in [1.165, 1.54) is 12.1 Å². The molecule has 28 heavy (non-hydrogen) atoms. The molecule has 2 aromatic carbocycles. The minimum absolute atomic E-state index is 0.163. The largest absolute Gasteiger partial charge is 0.477 e. The molecule has 0 radical (unpaired) electrons. The lowest BCUT2D eigenvalue weighted by molar-refractivity contribution is 0.0680. The van der Waals surface area contributed by atoms with E-state index >= 15 is 0 Å². The van der Waals surface area contributed by atoms with Crippen LogP contribution in [0.15, 0.2) is 48.5 Å². The fourth-order valence-corrected chi connectivity index (χ4v) is 3.28. The summed E-state index contributed by atoms with van der Waals surface area (Å²) >= 11 is 0. The van der Waals surface area contributed by atoms with E-state index in [2.05, 4.69) is 9.97 Å². The summed E-state index contributed by atoms with van der Waals surface area (Å²) in [6.07, 6.45) is 0. The van der Waals surface area contributed by atoms with E-state index in [1.54, 1.807) is 12.1 Å².